The van der Waals surface area contributed by atoms with Crippen molar-refractivity contribution in [3.05, 3.63) is 24.2 Å². The molecule has 0 spiro atoms. The molecule has 0 unspecified atom stereocenters. The number of hydrogen-bond acceptors (Lipinski definition) is 6. The van der Waals surface area contributed by atoms with E-state index in [1.54, 1.807) is 0 Å². The molecular weight excluding hydrogens is 266 g/mol. The number of hydrogen-bond donors (Lipinski definition) is 0. The van der Waals surface area contributed by atoms with Gasteiger partial charge in [0.2, 0.25) is 11.7 Å². The number of pyridine rings is 1. The van der Waals surface area contributed by atoms with Crippen molar-refractivity contribution < 1.29 is 4.52 Å². The molecule has 0 amide bonds. The van der Waals surface area contributed by atoms with Crippen LogP contribution in [0.4, 0.5) is 5.82 Å². The highest BCUT2D eigenvalue weighted by Crippen LogP contribution is 2.39. The SMILES string of the molecule is CN1CCN(c2ccc(-c3noc(C4CC4)n3)cn2)CC1. The topological polar surface area (TPSA) is 58.3 Å². The van der Waals surface area contributed by atoms with Crippen molar-refractivity contribution in [2.45, 2.75) is 18.8 Å². The van der Waals surface area contributed by atoms with E-state index in [9.17, 15) is 0 Å². The van der Waals surface area contributed by atoms with E-state index in [2.05, 4.69) is 32.0 Å². The van der Waals surface area contributed by atoms with Crippen LogP contribution in [0.25, 0.3) is 11.4 Å². The molecule has 1 aliphatic heterocycles. The fourth-order valence-corrected chi connectivity index (χ4v) is 2.59. The van der Waals surface area contributed by atoms with Crippen LogP contribution in [-0.4, -0.2) is 53.3 Å². The molecule has 2 fully saturated rings. The van der Waals surface area contributed by atoms with Crippen molar-refractivity contribution >= 4 is 5.82 Å². The largest absolute Gasteiger partial charge is 0.354 e. The third-order valence-corrected chi connectivity index (χ3v) is 4.20. The normalized spacial score (nSPS) is 20.0. The van der Waals surface area contributed by atoms with Crippen molar-refractivity contribution in [3.8, 4) is 11.4 Å². The minimum atomic E-state index is 0.490. The monoisotopic (exact) mass is 285 g/mol. The summed E-state index contributed by atoms with van der Waals surface area (Å²) in [6.45, 7) is 4.21. The molecule has 6 heteroatoms. The highest BCUT2D eigenvalue weighted by molar-refractivity contribution is 5.56. The van der Waals surface area contributed by atoms with Gasteiger partial charge in [-0.2, -0.15) is 4.98 Å². The number of nitrogens with zero attached hydrogens (tertiary/aromatic N) is 5. The second-order valence-corrected chi connectivity index (χ2v) is 5.93. The van der Waals surface area contributed by atoms with Gasteiger partial charge >= 0.3 is 0 Å². The van der Waals surface area contributed by atoms with Crippen LogP contribution < -0.4 is 4.90 Å². The lowest BCUT2D eigenvalue weighted by Gasteiger charge is -2.33. The van der Waals surface area contributed by atoms with E-state index >= 15 is 0 Å². The van der Waals surface area contributed by atoms with Gasteiger partial charge < -0.3 is 14.3 Å². The van der Waals surface area contributed by atoms with E-state index in [0.717, 1.165) is 43.5 Å². The van der Waals surface area contributed by atoms with Gasteiger partial charge in [0, 0.05) is 43.9 Å². The fraction of sp³-hybridized carbons (Fsp3) is 0.533. The summed E-state index contributed by atoms with van der Waals surface area (Å²) in [4.78, 5) is 13.7. The van der Waals surface area contributed by atoms with Crippen LogP contribution in [-0.2, 0) is 0 Å². The average Bonchev–Trinajstić information content (AvgIpc) is 3.26. The van der Waals surface area contributed by atoms with E-state index < -0.39 is 0 Å². The zero-order valence-electron chi connectivity index (χ0n) is 12.2. The number of aromatic nitrogens is 3. The Labute approximate surface area is 123 Å². The summed E-state index contributed by atoms with van der Waals surface area (Å²) in [5.41, 5.74) is 0.920. The van der Waals surface area contributed by atoms with Gasteiger partial charge in [-0.15, -0.1) is 0 Å². The van der Waals surface area contributed by atoms with Crippen LogP contribution in [0.1, 0.15) is 24.7 Å². The summed E-state index contributed by atoms with van der Waals surface area (Å²) < 4.78 is 5.30. The second kappa shape index (κ2) is 5.11. The highest BCUT2D eigenvalue weighted by Gasteiger charge is 2.29. The molecule has 1 aliphatic carbocycles. The molecule has 0 bridgehead atoms. The standard InChI is InChI=1S/C15H19N5O/c1-19-6-8-20(9-7-19)13-5-4-12(10-16-13)14-17-15(21-18-14)11-2-3-11/h4-5,10-11H,2-3,6-9H2,1H3. The number of rotatable bonds is 3. The summed E-state index contributed by atoms with van der Waals surface area (Å²) in [6, 6.07) is 4.08. The molecule has 0 N–H and O–H groups in total. The Bertz CT molecular complexity index is 611. The summed E-state index contributed by atoms with van der Waals surface area (Å²) in [5.74, 6) is 2.93. The van der Waals surface area contributed by atoms with E-state index in [1.807, 2.05) is 18.3 Å². The zero-order chi connectivity index (χ0) is 14.2. The maximum Gasteiger partial charge on any atom is 0.230 e. The van der Waals surface area contributed by atoms with Crippen LogP contribution in [0.2, 0.25) is 0 Å². The van der Waals surface area contributed by atoms with Gasteiger partial charge in [0.25, 0.3) is 0 Å². The Kier molecular flexibility index (Phi) is 3.11. The molecule has 2 aromatic rings. The molecule has 0 radical (unpaired) electrons. The van der Waals surface area contributed by atoms with Crippen LogP contribution >= 0.6 is 0 Å². The van der Waals surface area contributed by atoms with Crippen molar-refractivity contribution in [2.75, 3.05) is 38.1 Å². The summed E-state index contributed by atoms with van der Waals surface area (Å²) in [5, 5.41) is 4.05. The van der Waals surface area contributed by atoms with Crippen molar-refractivity contribution in [1.29, 1.82) is 0 Å². The molecule has 6 nitrogen and oxygen atoms in total. The molecule has 1 saturated carbocycles. The van der Waals surface area contributed by atoms with Gasteiger partial charge in [0.15, 0.2) is 0 Å². The fourth-order valence-electron chi connectivity index (χ4n) is 2.59. The maximum absolute atomic E-state index is 5.30. The van der Waals surface area contributed by atoms with Gasteiger partial charge in [-0.25, -0.2) is 4.98 Å². The number of anilines is 1. The first kappa shape index (κ1) is 12.8. The van der Waals surface area contributed by atoms with Crippen molar-refractivity contribution in [1.82, 2.24) is 20.0 Å². The van der Waals surface area contributed by atoms with Gasteiger partial charge in [0.1, 0.15) is 5.82 Å². The molecule has 0 atom stereocenters. The van der Waals surface area contributed by atoms with Gasteiger partial charge in [-0.05, 0) is 32.0 Å². The Hall–Kier alpha value is -1.95. The van der Waals surface area contributed by atoms with Crippen LogP contribution in [0.5, 0.6) is 0 Å². The molecule has 0 aromatic carbocycles. The highest BCUT2D eigenvalue weighted by atomic mass is 16.5. The van der Waals surface area contributed by atoms with E-state index in [4.69, 9.17) is 4.52 Å². The van der Waals surface area contributed by atoms with Crippen molar-refractivity contribution in [2.24, 2.45) is 0 Å². The van der Waals surface area contributed by atoms with E-state index in [-0.39, 0.29) is 0 Å². The Morgan fingerprint density at radius 1 is 1.14 bits per heavy atom. The Morgan fingerprint density at radius 2 is 1.95 bits per heavy atom. The Balaban J connectivity index is 1.49. The molecule has 2 aromatic heterocycles. The molecule has 2 aliphatic rings. The maximum atomic E-state index is 5.30. The molecule has 1 saturated heterocycles. The average molecular weight is 285 g/mol. The second-order valence-electron chi connectivity index (χ2n) is 5.93. The molecule has 4 rings (SSSR count). The quantitative estimate of drug-likeness (QED) is 0.856. The van der Waals surface area contributed by atoms with Crippen LogP contribution in [0.3, 0.4) is 0 Å². The minimum absolute atomic E-state index is 0.490. The third-order valence-electron chi connectivity index (χ3n) is 4.20. The van der Waals surface area contributed by atoms with E-state index in [1.165, 1.54) is 12.8 Å². The first-order valence-corrected chi connectivity index (χ1v) is 7.53. The predicted molar refractivity (Wildman–Crippen MR) is 79.2 cm³/mol. The lowest BCUT2D eigenvalue weighted by Crippen LogP contribution is -2.44. The van der Waals surface area contributed by atoms with E-state index in [0.29, 0.717) is 11.7 Å². The van der Waals surface area contributed by atoms with Crippen molar-refractivity contribution in [3.63, 3.8) is 0 Å². The predicted octanol–water partition coefficient (Wildman–Crippen LogP) is 1.76. The molecule has 110 valence electrons. The first-order chi connectivity index (χ1) is 10.3. The molecular formula is C15H19N5O. The smallest absolute Gasteiger partial charge is 0.230 e. The number of piperazine rings is 1. The first-order valence-electron chi connectivity index (χ1n) is 7.53. The minimum Gasteiger partial charge on any atom is -0.354 e. The van der Waals surface area contributed by atoms with Gasteiger partial charge in [0.05, 0.1) is 0 Å². The van der Waals surface area contributed by atoms with Gasteiger partial charge in [-0.1, -0.05) is 5.16 Å². The molecule has 21 heavy (non-hydrogen) atoms. The summed E-state index contributed by atoms with van der Waals surface area (Å²) in [6.07, 6.45) is 4.18. The lowest BCUT2D eigenvalue weighted by atomic mass is 10.2. The molecule has 3 heterocycles. The lowest BCUT2D eigenvalue weighted by molar-refractivity contribution is 0.312. The Morgan fingerprint density at radius 3 is 2.62 bits per heavy atom. The third kappa shape index (κ3) is 2.63. The van der Waals surface area contributed by atoms with Gasteiger partial charge in [-0.3, -0.25) is 0 Å². The summed E-state index contributed by atoms with van der Waals surface area (Å²) >= 11 is 0. The number of likely N-dealkylation sites (N-methyl/N-ethyl adjacent to an activating group) is 1. The zero-order valence-corrected chi connectivity index (χ0v) is 12.2. The van der Waals surface area contributed by atoms with Crippen LogP contribution in [0, 0.1) is 0 Å². The summed E-state index contributed by atoms with van der Waals surface area (Å²) in [7, 11) is 2.15. The van der Waals surface area contributed by atoms with Crippen LogP contribution in [0.15, 0.2) is 22.9 Å².